The molecule has 0 spiro atoms. The predicted octanol–water partition coefficient (Wildman–Crippen LogP) is 0.641. The van der Waals surface area contributed by atoms with Gasteiger partial charge in [0.25, 0.3) is 0 Å². The molecule has 0 heterocycles. The molecule has 0 amide bonds. The first-order chi connectivity index (χ1) is 8.81. The van der Waals surface area contributed by atoms with Crippen LogP contribution in [0.1, 0.15) is 28.9 Å². The molecule has 0 saturated carbocycles. The molecule has 0 fully saturated rings. The van der Waals surface area contributed by atoms with Gasteiger partial charge in [-0.25, -0.2) is 4.79 Å². The van der Waals surface area contributed by atoms with Gasteiger partial charge in [0.15, 0.2) is 5.12 Å². The third-order valence-corrected chi connectivity index (χ3v) is 3.30. The Labute approximate surface area is 114 Å². The number of carboxylic acids is 1. The van der Waals surface area contributed by atoms with Crippen molar-refractivity contribution in [3.8, 4) is 0 Å². The maximum absolute atomic E-state index is 10.9. The van der Waals surface area contributed by atoms with E-state index in [9.17, 15) is 19.8 Å². The van der Waals surface area contributed by atoms with Gasteiger partial charge in [-0.1, -0.05) is 11.8 Å². The molecule has 0 saturated heterocycles. The first kappa shape index (κ1) is 15.5. The maximum Gasteiger partial charge on any atom is 0.335 e. The molecule has 1 rings (SSSR count). The molecule has 1 aromatic carbocycles. The summed E-state index contributed by atoms with van der Waals surface area (Å²) in [5.41, 5.74) is 5.86. The Kier molecular flexibility index (Phi) is 5.34. The molecule has 2 unspecified atom stereocenters. The van der Waals surface area contributed by atoms with E-state index >= 15 is 0 Å². The zero-order valence-corrected chi connectivity index (χ0v) is 11.1. The van der Waals surface area contributed by atoms with Gasteiger partial charge in [-0.05, 0) is 23.8 Å². The van der Waals surface area contributed by atoms with Crippen LogP contribution in [0.25, 0.3) is 0 Å². The van der Waals surface area contributed by atoms with Crippen LogP contribution < -0.4 is 5.73 Å². The lowest BCUT2D eigenvalue weighted by atomic mass is 10.0. The molecule has 104 valence electrons. The standard InChI is InChI=1S/C12H15NO5S/c1-6(14)19-5-10(15)11(16)7-2-8(12(17)18)4-9(13)3-7/h2-4,10-11,15-16H,5,13H2,1H3,(H,17,18). The fourth-order valence-corrected chi connectivity index (χ4v) is 2.07. The number of rotatable bonds is 5. The first-order valence-electron chi connectivity index (χ1n) is 5.44. The average molecular weight is 285 g/mol. The number of anilines is 1. The van der Waals surface area contributed by atoms with Crippen LogP contribution in [-0.4, -0.2) is 38.3 Å². The van der Waals surface area contributed by atoms with Crippen molar-refractivity contribution in [2.24, 2.45) is 0 Å². The van der Waals surface area contributed by atoms with Crippen LogP contribution in [0.3, 0.4) is 0 Å². The highest BCUT2D eigenvalue weighted by molar-refractivity contribution is 8.13. The van der Waals surface area contributed by atoms with Crippen LogP contribution >= 0.6 is 11.8 Å². The van der Waals surface area contributed by atoms with Gasteiger partial charge in [-0.2, -0.15) is 0 Å². The fourth-order valence-electron chi connectivity index (χ4n) is 1.49. The maximum atomic E-state index is 10.9. The van der Waals surface area contributed by atoms with Crippen LogP contribution in [-0.2, 0) is 4.79 Å². The second-order valence-electron chi connectivity index (χ2n) is 4.01. The number of nitrogens with two attached hydrogens (primary N) is 1. The molecule has 2 atom stereocenters. The highest BCUT2D eigenvalue weighted by atomic mass is 32.2. The van der Waals surface area contributed by atoms with Crippen molar-refractivity contribution >= 4 is 28.5 Å². The van der Waals surface area contributed by atoms with E-state index in [0.29, 0.717) is 0 Å². The Morgan fingerprint density at radius 3 is 2.47 bits per heavy atom. The third kappa shape index (κ3) is 4.55. The number of carbonyl (C=O) groups is 2. The SMILES string of the molecule is CC(=O)SCC(O)C(O)c1cc(N)cc(C(=O)O)c1. The van der Waals surface area contributed by atoms with Crippen molar-refractivity contribution in [1.82, 2.24) is 0 Å². The van der Waals surface area contributed by atoms with E-state index in [1.807, 2.05) is 0 Å². The Morgan fingerprint density at radius 1 is 1.32 bits per heavy atom. The van der Waals surface area contributed by atoms with Crippen LogP contribution in [0.2, 0.25) is 0 Å². The third-order valence-electron chi connectivity index (χ3n) is 2.39. The van der Waals surface area contributed by atoms with Crippen LogP contribution in [0.5, 0.6) is 0 Å². The summed E-state index contributed by atoms with van der Waals surface area (Å²) in [6, 6.07) is 3.89. The Morgan fingerprint density at radius 2 is 1.95 bits per heavy atom. The number of thioether (sulfide) groups is 1. The number of aliphatic hydroxyl groups is 2. The molecule has 0 radical (unpaired) electrons. The van der Waals surface area contributed by atoms with Gasteiger partial charge in [-0.15, -0.1) is 0 Å². The monoisotopic (exact) mass is 285 g/mol. The minimum Gasteiger partial charge on any atom is -0.478 e. The predicted molar refractivity (Wildman–Crippen MR) is 71.9 cm³/mol. The summed E-state index contributed by atoms with van der Waals surface area (Å²) in [7, 11) is 0. The summed E-state index contributed by atoms with van der Waals surface area (Å²) in [6.45, 7) is 1.35. The number of hydrogen-bond donors (Lipinski definition) is 4. The molecule has 0 aliphatic carbocycles. The highest BCUT2D eigenvalue weighted by Crippen LogP contribution is 2.23. The molecule has 5 N–H and O–H groups in total. The molecule has 6 nitrogen and oxygen atoms in total. The Bertz CT molecular complexity index is 491. The van der Waals surface area contributed by atoms with Gasteiger partial charge >= 0.3 is 5.97 Å². The molecule has 19 heavy (non-hydrogen) atoms. The minimum absolute atomic E-state index is 0.0215. The number of hydrogen-bond acceptors (Lipinski definition) is 6. The number of carboxylic acid groups (broad SMARTS) is 1. The van der Waals surface area contributed by atoms with Gasteiger partial charge in [0, 0.05) is 18.4 Å². The van der Waals surface area contributed by atoms with Gasteiger partial charge in [0.1, 0.15) is 6.10 Å². The van der Waals surface area contributed by atoms with Crippen molar-refractivity contribution in [1.29, 1.82) is 0 Å². The van der Waals surface area contributed by atoms with E-state index in [1.54, 1.807) is 0 Å². The minimum atomic E-state index is -1.30. The van der Waals surface area contributed by atoms with E-state index in [2.05, 4.69) is 0 Å². The zero-order chi connectivity index (χ0) is 14.6. The molecule has 7 heteroatoms. The number of aromatic carboxylic acids is 1. The summed E-state index contributed by atoms with van der Waals surface area (Å²) in [6.07, 6.45) is -2.48. The van der Waals surface area contributed by atoms with Crippen molar-refractivity contribution in [3.63, 3.8) is 0 Å². The van der Waals surface area contributed by atoms with E-state index < -0.39 is 18.2 Å². The van der Waals surface area contributed by atoms with Crippen molar-refractivity contribution in [2.45, 2.75) is 19.1 Å². The number of carbonyl (C=O) groups excluding carboxylic acids is 1. The van der Waals surface area contributed by atoms with Crippen LogP contribution in [0, 0.1) is 0 Å². The normalized spacial score (nSPS) is 13.8. The summed E-state index contributed by atoms with van der Waals surface area (Å²) in [5.74, 6) is -1.15. The van der Waals surface area contributed by atoms with Gasteiger partial charge < -0.3 is 21.1 Å². The number of benzene rings is 1. The van der Waals surface area contributed by atoms with Crippen LogP contribution in [0.4, 0.5) is 5.69 Å². The topological polar surface area (TPSA) is 121 Å². The van der Waals surface area contributed by atoms with Crippen molar-refractivity contribution < 1.29 is 24.9 Å². The quantitative estimate of drug-likeness (QED) is 0.586. The summed E-state index contributed by atoms with van der Waals surface area (Å²) in [5, 5.41) is 28.3. The summed E-state index contributed by atoms with van der Waals surface area (Å²) < 4.78 is 0. The van der Waals surface area contributed by atoms with Crippen LogP contribution in [0.15, 0.2) is 18.2 Å². The molecule has 0 aliphatic heterocycles. The molecule has 0 bridgehead atoms. The van der Waals surface area contributed by atoms with Gasteiger partial charge in [0.05, 0.1) is 11.7 Å². The lowest BCUT2D eigenvalue weighted by Gasteiger charge is -2.18. The van der Waals surface area contributed by atoms with Gasteiger partial charge in [0.2, 0.25) is 0 Å². The van der Waals surface area contributed by atoms with E-state index in [0.717, 1.165) is 11.8 Å². The average Bonchev–Trinajstić information content (AvgIpc) is 2.34. The zero-order valence-electron chi connectivity index (χ0n) is 10.2. The Balaban J connectivity index is 2.89. The highest BCUT2D eigenvalue weighted by Gasteiger charge is 2.20. The molecule has 0 aromatic heterocycles. The largest absolute Gasteiger partial charge is 0.478 e. The fraction of sp³-hybridized carbons (Fsp3) is 0.333. The molecular formula is C12H15NO5S. The van der Waals surface area contributed by atoms with Gasteiger partial charge in [-0.3, -0.25) is 4.79 Å². The first-order valence-corrected chi connectivity index (χ1v) is 6.43. The summed E-state index contributed by atoms with van der Waals surface area (Å²) >= 11 is 0.881. The lowest BCUT2D eigenvalue weighted by molar-refractivity contribution is -0.109. The lowest BCUT2D eigenvalue weighted by Crippen LogP contribution is -2.22. The second kappa shape index (κ2) is 6.55. The van der Waals surface area contributed by atoms with E-state index in [4.69, 9.17) is 10.8 Å². The van der Waals surface area contributed by atoms with E-state index in [-0.39, 0.29) is 27.7 Å². The van der Waals surface area contributed by atoms with Crippen molar-refractivity contribution in [3.05, 3.63) is 29.3 Å². The smallest absolute Gasteiger partial charge is 0.335 e. The summed E-state index contributed by atoms with van der Waals surface area (Å²) in [4.78, 5) is 21.6. The number of aliphatic hydroxyl groups excluding tert-OH is 2. The Hall–Kier alpha value is -1.57. The molecule has 1 aromatic rings. The molecular weight excluding hydrogens is 270 g/mol. The van der Waals surface area contributed by atoms with E-state index in [1.165, 1.54) is 25.1 Å². The van der Waals surface area contributed by atoms with Crippen molar-refractivity contribution in [2.75, 3.05) is 11.5 Å². The molecule has 0 aliphatic rings. The second-order valence-corrected chi connectivity index (χ2v) is 5.21. The number of nitrogen functional groups attached to an aromatic ring is 1.